The van der Waals surface area contributed by atoms with Crippen LogP contribution >= 0.6 is 11.6 Å². The number of halogens is 1. The van der Waals surface area contributed by atoms with E-state index in [1.54, 1.807) is 24.3 Å². The van der Waals surface area contributed by atoms with Crippen LogP contribution in [0.4, 0.5) is 0 Å². The number of hydrogen-bond donors (Lipinski definition) is 5. The van der Waals surface area contributed by atoms with Crippen LogP contribution in [0.5, 0.6) is 0 Å². The number of ether oxygens (including phenoxy) is 1. The van der Waals surface area contributed by atoms with Gasteiger partial charge in [-0.1, -0.05) is 79.5 Å². The molecule has 6 aliphatic carbocycles. The monoisotopic (exact) mass is 878 g/mol. The number of fused-ring (bicyclic) bond motifs is 7. The Hall–Kier alpha value is -2.79. The van der Waals surface area contributed by atoms with Crippen LogP contribution in [0.15, 0.2) is 35.4 Å². The van der Waals surface area contributed by atoms with Crippen LogP contribution in [-0.4, -0.2) is 71.7 Å². The van der Waals surface area contributed by atoms with Gasteiger partial charge in [0.25, 0.3) is 5.91 Å². The molecule has 1 aromatic rings. The Morgan fingerprint density at radius 2 is 1.56 bits per heavy atom. The lowest BCUT2D eigenvalue weighted by atomic mass is 9.33. The van der Waals surface area contributed by atoms with E-state index in [0.717, 1.165) is 63.4 Å². The Kier molecular flexibility index (Phi) is 12.9. The molecule has 0 heterocycles. The lowest BCUT2D eigenvalue weighted by Gasteiger charge is -2.72. The number of benzene rings is 1. The summed E-state index contributed by atoms with van der Waals surface area (Å²) < 4.78 is 6.43. The molecule has 1 unspecified atom stereocenters. The Bertz CT molecular complexity index is 1950. The van der Waals surface area contributed by atoms with Gasteiger partial charge in [-0.25, -0.2) is 0 Å². The molecule has 1 amide bonds. The summed E-state index contributed by atoms with van der Waals surface area (Å²) >= 11 is 6.06. The average molecular weight is 879 g/mol. The molecule has 0 spiro atoms. The maximum Gasteiger partial charge on any atom is 0.309 e. The summed E-state index contributed by atoms with van der Waals surface area (Å²) in [6, 6.07) is 6.65. The lowest BCUT2D eigenvalue weighted by Crippen LogP contribution is -2.66. The van der Waals surface area contributed by atoms with E-state index in [1.807, 2.05) is 13.8 Å². The number of aliphatic hydroxyl groups is 1. The van der Waals surface area contributed by atoms with Crippen LogP contribution in [0.25, 0.3) is 0 Å². The van der Waals surface area contributed by atoms with E-state index in [2.05, 4.69) is 59.1 Å². The van der Waals surface area contributed by atoms with Crippen LogP contribution in [-0.2, 0) is 19.1 Å². The van der Waals surface area contributed by atoms with E-state index in [9.17, 15) is 29.4 Å². The number of nitrogens with two attached hydrogens (primary N) is 1. The molecule has 6 aliphatic rings. The fourth-order valence-corrected chi connectivity index (χ4v) is 15.4. The van der Waals surface area contributed by atoms with Crippen molar-refractivity contribution in [3.63, 3.8) is 0 Å². The van der Waals surface area contributed by atoms with Gasteiger partial charge in [0.05, 0.1) is 17.9 Å². The van der Waals surface area contributed by atoms with E-state index in [0.29, 0.717) is 61.3 Å². The highest BCUT2D eigenvalue weighted by Gasteiger charge is 2.71. The van der Waals surface area contributed by atoms with Gasteiger partial charge in [-0.15, -0.1) is 0 Å². The topological polar surface area (TPSA) is 168 Å². The van der Waals surface area contributed by atoms with Crippen molar-refractivity contribution in [1.29, 1.82) is 0 Å². The van der Waals surface area contributed by atoms with Crippen LogP contribution < -0.4 is 16.4 Å². The number of aliphatic hydroxyl groups excluding tert-OH is 1. The third-order valence-corrected chi connectivity index (χ3v) is 19.3. The molecule has 0 aromatic heterocycles. The number of carboxylic acids is 1. The molecule has 0 radical (unpaired) electrons. The highest BCUT2D eigenvalue weighted by atomic mass is 35.5. The number of carbonyl (C=O) groups is 4. The average Bonchev–Trinajstić information content (AvgIpc) is 3.51. The van der Waals surface area contributed by atoms with Crippen molar-refractivity contribution in [1.82, 2.24) is 10.6 Å². The largest absolute Gasteiger partial charge is 0.481 e. The molecule has 12 atom stereocenters. The van der Waals surface area contributed by atoms with Gasteiger partial charge in [-0.05, 0) is 152 Å². The number of amides is 1. The first-order chi connectivity index (χ1) is 29.0. The number of carbonyl (C=O) groups excluding carboxylic acids is 3. The molecule has 0 aliphatic heterocycles. The third-order valence-electron chi connectivity index (χ3n) is 19.1. The first-order valence-electron chi connectivity index (χ1n) is 23.9. The molecule has 0 saturated heterocycles. The van der Waals surface area contributed by atoms with Crippen molar-refractivity contribution < 1.29 is 34.1 Å². The zero-order valence-electron chi connectivity index (χ0n) is 39.0. The molecule has 1 aromatic carbocycles. The number of hydrogen-bond acceptors (Lipinski definition) is 8. The maximum absolute atomic E-state index is 14.3. The minimum atomic E-state index is -0.841. The highest BCUT2D eigenvalue weighted by molar-refractivity contribution is 6.30. The second kappa shape index (κ2) is 16.9. The summed E-state index contributed by atoms with van der Waals surface area (Å²) in [6.07, 6.45) is 8.77. The van der Waals surface area contributed by atoms with Crippen molar-refractivity contribution in [3.05, 3.63) is 46.0 Å². The molecular weight excluding hydrogens is 802 g/mol. The highest BCUT2D eigenvalue weighted by Crippen LogP contribution is 2.77. The minimum absolute atomic E-state index is 0.0111. The zero-order chi connectivity index (χ0) is 45.4. The molecule has 11 heteroatoms. The summed E-state index contributed by atoms with van der Waals surface area (Å²) in [5, 5.41) is 29.4. The quantitative estimate of drug-likeness (QED) is 0.115. The van der Waals surface area contributed by atoms with E-state index < -0.39 is 34.7 Å². The number of aliphatic carboxylic acids is 1. The van der Waals surface area contributed by atoms with Gasteiger partial charge in [-0.3, -0.25) is 19.2 Å². The molecular formula is C51H76ClN3O7. The minimum Gasteiger partial charge on any atom is -0.481 e. The number of rotatable bonds is 14. The van der Waals surface area contributed by atoms with Gasteiger partial charge in [0.1, 0.15) is 6.10 Å². The van der Waals surface area contributed by atoms with Gasteiger partial charge in [-0.2, -0.15) is 0 Å². The second-order valence-corrected chi connectivity index (χ2v) is 23.4. The van der Waals surface area contributed by atoms with Gasteiger partial charge in [0.2, 0.25) is 0 Å². The van der Waals surface area contributed by atoms with Crippen LogP contribution in [0.2, 0.25) is 5.02 Å². The Morgan fingerprint density at radius 3 is 2.19 bits per heavy atom. The molecule has 62 heavy (non-hydrogen) atoms. The van der Waals surface area contributed by atoms with Crippen LogP contribution in [0.1, 0.15) is 150 Å². The van der Waals surface area contributed by atoms with Crippen LogP contribution in [0.3, 0.4) is 0 Å². The molecule has 344 valence electrons. The standard InChI is InChI=1S/C51H76ClN3O7/c1-29(2)41-36(56)26-51(39(57)28-54-27-32(11-10-24-53)55-43(58)30-12-14-31(52)15-13-30)23-22-49(8)33(42(41)51)16-17-38-48(7)20-19-40(47(5,6)37(48)18-21-50(38,49)9)62-45(61)35-25-34(44(59)60)46(35,3)4/h12-15,29,32-35,37-40,54,57H,10-11,16-28,53H2,1-9H3,(H,55,58)(H,59,60)/t32?,33-,34+,35-,37+,38-,39+,40+,48+,49-,50-,51+/m1/s1. The van der Waals surface area contributed by atoms with Crippen molar-refractivity contribution in [2.75, 3.05) is 19.6 Å². The summed E-state index contributed by atoms with van der Waals surface area (Å²) in [6.45, 7) is 21.5. The molecule has 5 fully saturated rings. The number of nitrogens with one attached hydrogen (secondary N) is 2. The summed E-state index contributed by atoms with van der Waals surface area (Å²) in [5.41, 5.74) is 7.10. The number of ketones is 1. The predicted octanol–water partition coefficient (Wildman–Crippen LogP) is 8.77. The fraction of sp³-hybridized carbons (Fsp3) is 0.765. The second-order valence-electron chi connectivity index (χ2n) is 22.9. The van der Waals surface area contributed by atoms with Gasteiger partial charge in [0, 0.05) is 47.0 Å². The van der Waals surface area contributed by atoms with Gasteiger partial charge < -0.3 is 31.3 Å². The van der Waals surface area contributed by atoms with E-state index in [-0.39, 0.29) is 63.3 Å². The fourth-order valence-electron chi connectivity index (χ4n) is 15.3. The first-order valence-corrected chi connectivity index (χ1v) is 24.2. The van der Waals surface area contributed by atoms with E-state index in [1.165, 1.54) is 5.57 Å². The summed E-state index contributed by atoms with van der Waals surface area (Å²) in [4.78, 5) is 52.9. The lowest BCUT2D eigenvalue weighted by molar-refractivity contribution is -0.238. The number of Topliss-reactive ketones (excluding diaryl/α,β-unsaturated/α-hetero) is 1. The molecule has 6 N–H and O–H groups in total. The Balaban J connectivity index is 1.08. The van der Waals surface area contributed by atoms with Crippen molar-refractivity contribution in [2.45, 2.75) is 158 Å². The summed E-state index contributed by atoms with van der Waals surface area (Å²) in [5.74, 6) is -0.920. The van der Waals surface area contributed by atoms with E-state index in [4.69, 9.17) is 22.1 Å². The zero-order valence-corrected chi connectivity index (χ0v) is 39.8. The van der Waals surface area contributed by atoms with Gasteiger partial charge >= 0.3 is 11.9 Å². The molecule has 0 bridgehead atoms. The number of esters is 1. The SMILES string of the molecule is CC(C)C1=C2[C@H]3CC[C@@H]4[C@@]5(C)CC[C@H](OC(=O)[C@H]6C[C@@H](C(=O)O)C6(C)C)C(C)(C)[C@@H]5CC[C@@]4(C)[C@]3(C)CC[C@@]2([C@@H](O)CNCC(CCCN)NC(=O)c2ccc(Cl)cc2)CC1=O. The maximum atomic E-state index is 14.3. The molecule has 10 nitrogen and oxygen atoms in total. The Morgan fingerprint density at radius 1 is 0.871 bits per heavy atom. The van der Waals surface area contributed by atoms with Crippen molar-refractivity contribution in [2.24, 2.45) is 73.7 Å². The first kappa shape index (κ1) is 47.2. The number of carboxylic acid groups (broad SMARTS) is 1. The van der Waals surface area contributed by atoms with Crippen LogP contribution in [0, 0.1) is 68.0 Å². The normalized spacial score (nSPS) is 37.9. The van der Waals surface area contributed by atoms with Crippen molar-refractivity contribution >= 4 is 35.2 Å². The number of allylic oxidation sites excluding steroid dienone is 1. The summed E-state index contributed by atoms with van der Waals surface area (Å²) in [7, 11) is 0. The molecule has 7 rings (SSSR count). The smallest absolute Gasteiger partial charge is 0.309 e. The van der Waals surface area contributed by atoms with Crippen molar-refractivity contribution in [3.8, 4) is 0 Å². The van der Waals surface area contributed by atoms with E-state index >= 15 is 0 Å². The molecule has 5 saturated carbocycles. The Labute approximate surface area is 375 Å². The third kappa shape index (κ3) is 7.50. The predicted molar refractivity (Wildman–Crippen MR) is 242 cm³/mol. The van der Waals surface area contributed by atoms with Gasteiger partial charge in [0.15, 0.2) is 5.78 Å².